The molecule has 0 atom stereocenters. The number of rotatable bonds is 5. The summed E-state index contributed by atoms with van der Waals surface area (Å²) in [7, 11) is 0. The molecule has 0 bridgehead atoms. The van der Waals surface area contributed by atoms with Gasteiger partial charge in [0, 0.05) is 17.7 Å². The van der Waals surface area contributed by atoms with Gasteiger partial charge < -0.3 is 5.32 Å². The Labute approximate surface area is 139 Å². The summed E-state index contributed by atoms with van der Waals surface area (Å²) in [6.45, 7) is 2.62. The first-order valence-electron chi connectivity index (χ1n) is 7.63. The maximum Gasteiger partial charge on any atom is 0.251 e. The van der Waals surface area contributed by atoms with E-state index in [0.717, 1.165) is 11.3 Å². The van der Waals surface area contributed by atoms with Gasteiger partial charge in [0.1, 0.15) is 11.5 Å². The van der Waals surface area contributed by atoms with Crippen molar-refractivity contribution in [3.8, 4) is 11.3 Å². The number of halogens is 1. The summed E-state index contributed by atoms with van der Waals surface area (Å²) in [4.78, 5) is 12.0. The summed E-state index contributed by atoms with van der Waals surface area (Å²) in [5.74, 6) is -0.718. The van der Waals surface area contributed by atoms with Crippen molar-refractivity contribution in [2.75, 3.05) is 6.54 Å². The molecule has 2 aromatic carbocycles. The van der Waals surface area contributed by atoms with Gasteiger partial charge in [0.2, 0.25) is 0 Å². The second-order valence-electron chi connectivity index (χ2n) is 5.51. The zero-order valence-electron chi connectivity index (χ0n) is 13.2. The van der Waals surface area contributed by atoms with Crippen LogP contribution < -0.4 is 5.32 Å². The number of nitrogens with one attached hydrogen (secondary N) is 1. The first kappa shape index (κ1) is 15.9. The average molecular weight is 324 g/mol. The molecule has 0 spiro atoms. The lowest BCUT2D eigenvalue weighted by Gasteiger charge is -2.06. The Balaban J connectivity index is 1.57. The minimum atomic E-state index is -0.413. The molecule has 0 unspecified atom stereocenters. The van der Waals surface area contributed by atoms with Crippen molar-refractivity contribution in [1.29, 1.82) is 0 Å². The molecule has 0 aliphatic heterocycles. The van der Waals surface area contributed by atoms with Crippen LogP contribution in [0, 0.1) is 12.7 Å². The van der Waals surface area contributed by atoms with E-state index >= 15 is 0 Å². The highest BCUT2D eigenvalue weighted by atomic mass is 19.1. The normalized spacial score (nSPS) is 10.6. The number of nitrogens with zero attached hydrogens (tertiary/aromatic N) is 3. The molecule has 1 amide bonds. The second kappa shape index (κ2) is 7.04. The highest BCUT2D eigenvalue weighted by Gasteiger charge is 2.08. The SMILES string of the molecule is Cc1cc(F)cc(C(=O)NCCn2cc(-c3ccccc3)nn2)c1. The molecule has 0 radical (unpaired) electrons. The van der Waals surface area contributed by atoms with Crippen molar-refractivity contribution in [1.82, 2.24) is 20.3 Å². The number of amides is 1. The van der Waals surface area contributed by atoms with Crippen LogP contribution in [0.4, 0.5) is 4.39 Å². The van der Waals surface area contributed by atoms with Crippen LogP contribution in [-0.2, 0) is 6.54 Å². The Morgan fingerprint density at radius 2 is 2.00 bits per heavy atom. The molecule has 1 aromatic heterocycles. The first-order valence-corrected chi connectivity index (χ1v) is 7.63. The summed E-state index contributed by atoms with van der Waals surface area (Å²) in [6, 6.07) is 14.0. The predicted octanol–water partition coefficient (Wildman–Crippen LogP) is 2.82. The van der Waals surface area contributed by atoms with E-state index in [1.54, 1.807) is 17.7 Å². The Hall–Kier alpha value is -3.02. The molecule has 3 rings (SSSR count). The highest BCUT2D eigenvalue weighted by Crippen LogP contribution is 2.14. The van der Waals surface area contributed by atoms with Crippen LogP contribution in [0.1, 0.15) is 15.9 Å². The van der Waals surface area contributed by atoms with Gasteiger partial charge in [0.25, 0.3) is 5.91 Å². The summed E-state index contributed by atoms with van der Waals surface area (Å²) in [5.41, 5.74) is 2.80. The van der Waals surface area contributed by atoms with Crippen molar-refractivity contribution in [2.24, 2.45) is 0 Å². The van der Waals surface area contributed by atoms with Crippen molar-refractivity contribution in [3.05, 3.63) is 71.7 Å². The van der Waals surface area contributed by atoms with Gasteiger partial charge in [-0.05, 0) is 30.7 Å². The number of carbonyl (C=O) groups excluding carboxylic acids is 1. The van der Waals surface area contributed by atoms with Gasteiger partial charge in [0.15, 0.2) is 0 Å². The van der Waals surface area contributed by atoms with Gasteiger partial charge in [-0.25, -0.2) is 4.39 Å². The number of hydrogen-bond acceptors (Lipinski definition) is 3. The van der Waals surface area contributed by atoms with Gasteiger partial charge in [0.05, 0.1) is 12.7 Å². The molecule has 1 N–H and O–H groups in total. The van der Waals surface area contributed by atoms with E-state index in [4.69, 9.17) is 0 Å². The smallest absolute Gasteiger partial charge is 0.251 e. The standard InChI is InChI=1S/C18H17FN4O/c1-13-9-15(11-16(19)10-13)18(24)20-7-8-23-12-17(21-22-23)14-5-3-2-4-6-14/h2-6,9-12H,7-8H2,1H3,(H,20,24). The maximum atomic E-state index is 13.3. The summed E-state index contributed by atoms with van der Waals surface area (Å²) in [5, 5.41) is 10.9. The largest absolute Gasteiger partial charge is 0.350 e. The fourth-order valence-electron chi connectivity index (χ4n) is 2.40. The molecule has 0 aliphatic carbocycles. The Bertz CT molecular complexity index is 825. The number of hydrogen-bond donors (Lipinski definition) is 1. The third-order valence-electron chi connectivity index (χ3n) is 3.54. The molecule has 3 aromatic rings. The molecular weight excluding hydrogens is 307 g/mol. The van der Waals surface area contributed by atoms with E-state index in [-0.39, 0.29) is 5.91 Å². The molecule has 122 valence electrons. The Morgan fingerprint density at radius 3 is 2.75 bits per heavy atom. The second-order valence-corrected chi connectivity index (χ2v) is 5.51. The van der Waals surface area contributed by atoms with Gasteiger partial charge >= 0.3 is 0 Å². The fraction of sp³-hybridized carbons (Fsp3) is 0.167. The van der Waals surface area contributed by atoms with Crippen LogP contribution >= 0.6 is 0 Å². The van der Waals surface area contributed by atoms with Gasteiger partial charge in [-0.1, -0.05) is 35.5 Å². The van der Waals surface area contributed by atoms with E-state index in [0.29, 0.717) is 24.2 Å². The molecule has 5 nitrogen and oxygen atoms in total. The van der Waals surface area contributed by atoms with Crippen molar-refractivity contribution >= 4 is 5.91 Å². The lowest BCUT2D eigenvalue weighted by molar-refractivity contribution is 0.0951. The van der Waals surface area contributed by atoms with Crippen molar-refractivity contribution in [2.45, 2.75) is 13.5 Å². The van der Waals surface area contributed by atoms with E-state index in [2.05, 4.69) is 15.6 Å². The minimum Gasteiger partial charge on any atom is -0.350 e. The topological polar surface area (TPSA) is 59.8 Å². The van der Waals surface area contributed by atoms with Crippen LogP contribution in [0.25, 0.3) is 11.3 Å². The third kappa shape index (κ3) is 3.84. The third-order valence-corrected chi connectivity index (χ3v) is 3.54. The monoisotopic (exact) mass is 324 g/mol. The van der Waals surface area contributed by atoms with E-state index < -0.39 is 5.82 Å². The van der Waals surface area contributed by atoms with E-state index in [1.165, 1.54) is 12.1 Å². The van der Waals surface area contributed by atoms with Crippen molar-refractivity contribution < 1.29 is 9.18 Å². The lowest BCUT2D eigenvalue weighted by Crippen LogP contribution is -2.27. The summed E-state index contributed by atoms with van der Waals surface area (Å²) in [6.07, 6.45) is 1.83. The highest BCUT2D eigenvalue weighted by molar-refractivity contribution is 5.94. The quantitative estimate of drug-likeness (QED) is 0.785. The zero-order valence-corrected chi connectivity index (χ0v) is 13.2. The average Bonchev–Trinajstić information content (AvgIpc) is 3.03. The number of benzene rings is 2. The van der Waals surface area contributed by atoms with Crippen LogP contribution in [0.15, 0.2) is 54.7 Å². The molecule has 0 aliphatic rings. The fourth-order valence-corrected chi connectivity index (χ4v) is 2.40. The molecule has 0 saturated heterocycles. The maximum absolute atomic E-state index is 13.3. The van der Waals surface area contributed by atoms with Crippen molar-refractivity contribution in [3.63, 3.8) is 0 Å². The Morgan fingerprint density at radius 1 is 1.21 bits per heavy atom. The van der Waals surface area contributed by atoms with E-state index in [1.807, 2.05) is 36.5 Å². The number of carbonyl (C=O) groups is 1. The van der Waals surface area contributed by atoms with Crippen LogP contribution in [0.2, 0.25) is 0 Å². The van der Waals surface area contributed by atoms with Crippen LogP contribution in [0.5, 0.6) is 0 Å². The van der Waals surface area contributed by atoms with Gasteiger partial charge in [-0.3, -0.25) is 9.48 Å². The summed E-state index contributed by atoms with van der Waals surface area (Å²) < 4.78 is 15.0. The Kier molecular flexibility index (Phi) is 4.65. The van der Waals surface area contributed by atoms with E-state index in [9.17, 15) is 9.18 Å². The first-order chi connectivity index (χ1) is 11.6. The van der Waals surface area contributed by atoms with Crippen LogP contribution in [-0.4, -0.2) is 27.4 Å². The number of aromatic nitrogens is 3. The number of aryl methyl sites for hydroxylation is 1. The lowest BCUT2D eigenvalue weighted by atomic mass is 10.1. The minimum absolute atomic E-state index is 0.305. The summed E-state index contributed by atoms with van der Waals surface area (Å²) >= 11 is 0. The molecule has 0 fully saturated rings. The van der Waals surface area contributed by atoms with Gasteiger partial charge in [-0.2, -0.15) is 0 Å². The predicted molar refractivity (Wildman–Crippen MR) is 88.9 cm³/mol. The molecule has 6 heteroatoms. The molecular formula is C18H17FN4O. The zero-order chi connectivity index (χ0) is 16.9. The van der Waals surface area contributed by atoms with Crippen LogP contribution in [0.3, 0.4) is 0 Å². The molecule has 0 saturated carbocycles. The molecule has 24 heavy (non-hydrogen) atoms. The van der Waals surface area contributed by atoms with Gasteiger partial charge in [-0.15, -0.1) is 5.10 Å². The molecule has 1 heterocycles.